The molecular formula is C21H22N4O2S. The Morgan fingerprint density at radius 3 is 2.64 bits per heavy atom. The standard InChI is InChI=1S/C21H22N4O2S/c1-15(28-21-18-4-2-3-5-19(18)22-14-23-21)20(26)24-16-6-8-17(9-7-16)25-10-12-27-13-11-25/h2-9,14-15H,10-13H2,1H3,(H,24,26)/t15-/m0/s1. The molecule has 1 aromatic heterocycles. The summed E-state index contributed by atoms with van der Waals surface area (Å²) in [6, 6.07) is 15.8. The van der Waals surface area contributed by atoms with E-state index in [0.717, 1.165) is 53.6 Å². The number of morpholine rings is 1. The van der Waals surface area contributed by atoms with E-state index in [1.54, 1.807) is 6.33 Å². The minimum Gasteiger partial charge on any atom is -0.378 e. The summed E-state index contributed by atoms with van der Waals surface area (Å²) < 4.78 is 5.39. The smallest absolute Gasteiger partial charge is 0.237 e. The summed E-state index contributed by atoms with van der Waals surface area (Å²) in [4.78, 5) is 23.6. The fraction of sp³-hybridized carbons (Fsp3) is 0.286. The summed E-state index contributed by atoms with van der Waals surface area (Å²) in [6.07, 6.45) is 1.54. The first-order chi connectivity index (χ1) is 13.7. The van der Waals surface area contributed by atoms with Gasteiger partial charge in [0, 0.05) is 29.9 Å². The number of aromatic nitrogens is 2. The van der Waals surface area contributed by atoms with Gasteiger partial charge in [-0.05, 0) is 37.3 Å². The maximum absolute atomic E-state index is 12.6. The molecule has 0 aliphatic carbocycles. The third kappa shape index (κ3) is 4.26. The van der Waals surface area contributed by atoms with Crippen molar-refractivity contribution in [3.05, 3.63) is 54.9 Å². The summed E-state index contributed by atoms with van der Waals surface area (Å²) in [5.41, 5.74) is 2.82. The van der Waals surface area contributed by atoms with Crippen LogP contribution in [-0.2, 0) is 9.53 Å². The molecule has 1 aliphatic rings. The zero-order valence-corrected chi connectivity index (χ0v) is 16.5. The number of anilines is 2. The van der Waals surface area contributed by atoms with Gasteiger partial charge in [0.2, 0.25) is 5.91 Å². The van der Waals surface area contributed by atoms with Crippen LogP contribution in [0, 0.1) is 0 Å². The first-order valence-electron chi connectivity index (χ1n) is 9.31. The molecule has 0 spiro atoms. The number of carbonyl (C=O) groups is 1. The molecule has 2 heterocycles. The second kappa shape index (κ2) is 8.58. The topological polar surface area (TPSA) is 67.4 Å². The van der Waals surface area contributed by atoms with Gasteiger partial charge in [-0.15, -0.1) is 0 Å². The molecule has 4 rings (SSSR count). The maximum Gasteiger partial charge on any atom is 0.237 e. The molecule has 7 heteroatoms. The van der Waals surface area contributed by atoms with Gasteiger partial charge in [0.25, 0.3) is 0 Å². The van der Waals surface area contributed by atoms with Crippen LogP contribution in [0.3, 0.4) is 0 Å². The average molecular weight is 395 g/mol. The van der Waals surface area contributed by atoms with E-state index >= 15 is 0 Å². The number of amides is 1. The van der Waals surface area contributed by atoms with Crippen LogP contribution in [0.25, 0.3) is 10.9 Å². The minimum atomic E-state index is -0.280. The number of hydrogen-bond acceptors (Lipinski definition) is 6. The largest absolute Gasteiger partial charge is 0.378 e. The van der Waals surface area contributed by atoms with Crippen molar-refractivity contribution in [2.75, 3.05) is 36.5 Å². The van der Waals surface area contributed by atoms with Gasteiger partial charge < -0.3 is 15.0 Å². The molecule has 0 bridgehead atoms. The van der Waals surface area contributed by atoms with E-state index in [4.69, 9.17) is 4.74 Å². The summed E-state index contributed by atoms with van der Waals surface area (Å²) in [5, 5.41) is 4.49. The second-order valence-corrected chi connectivity index (χ2v) is 7.92. The van der Waals surface area contributed by atoms with Gasteiger partial charge in [-0.25, -0.2) is 9.97 Å². The minimum absolute atomic E-state index is 0.0492. The van der Waals surface area contributed by atoms with Gasteiger partial charge in [0.05, 0.1) is 24.0 Å². The van der Waals surface area contributed by atoms with Crippen molar-refractivity contribution in [2.24, 2.45) is 0 Å². The summed E-state index contributed by atoms with van der Waals surface area (Å²) in [5.74, 6) is -0.0492. The van der Waals surface area contributed by atoms with Crippen molar-refractivity contribution in [1.29, 1.82) is 0 Å². The summed E-state index contributed by atoms with van der Waals surface area (Å²) in [6.45, 7) is 5.19. The number of thioether (sulfide) groups is 1. The van der Waals surface area contributed by atoms with Crippen LogP contribution >= 0.6 is 11.8 Å². The van der Waals surface area contributed by atoms with E-state index in [-0.39, 0.29) is 11.2 Å². The highest BCUT2D eigenvalue weighted by atomic mass is 32.2. The second-order valence-electron chi connectivity index (χ2n) is 6.59. The van der Waals surface area contributed by atoms with Crippen molar-refractivity contribution in [3.8, 4) is 0 Å². The average Bonchev–Trinajstić information content (AvgIpc) is 2.75. The van der Waals surface area contributed by atoms with Crippen LogP contribution in [0.15, 0.2) is 59.9 Å². The number of benzene rings is 2. The quantitative estimate of drug-likeness (QED) is 0.527. The van der Waals surface area contributed by atoms with E-state index in [1.807, 2.05) is 55.5 Å². The van der Waals surface area contributed by atoms with Crippen LogP contribution in [-0.4, -0.2) is 47.4 Å². The lowest BCUT2D eigenvalue weighted by Gasteiger charge is -2.28. The van der Waals surface area contributed by atoms with Crippen molar-refractivity contribution >= 4 is 39.9 Å². The zero-order valence-electron chi connectivity index (χ0n) is 15.7. The van der Waals surface area contributed by atoms with Gasteiger partial charge in [0.1, 0.15) is 11.4 Å². The lowest BCUT2D eigenvalue weighted by Crippen LogP contribution is -2.36. The first-order valence-corrected chi connectivity index (χ1v) is 10.2. The first kappa shape index (κ1) is 18.7. The van der Waals surface area contributed by atoms with E-state index in [0.29, 0.717) is 0 Å². The number of ether oxygens (including phenoxy) is 1. The van der Waals surface area contributed by atoms with Crippen LogP contribution in [0.4, 0.5) is 11.4 Å². The monoisotopic (exact) mass is 394 g/mol. The normalized spacial score (nSPS) is 15.4. The molecular weight excluding hydrogens is 372 g/mol. The third-order valence-electron chi connectivity index (χ3n) is 4.67. The molecule has 1 amide bonds. The molecule has 144 valence electrons. The third-order valence-corrected chi connectivity index (χ3v) is 5.79. The van der Waals surface area contributed by atoms with Crippen molar-refractivity contribution in [2.45, 2.75) is 17.2 Å². The van der Waals surface area contributed by atoms with Crippen LogP contribution in [0.1, 0.15) is 6.92 Å². The van der Waals surface area contributed by atoms with Crippen LogP contribution < -0.4 is 10.2 Å². The van der Waals surface area contributed by atoms with Gasteiger partial charge in [-0.2, -0.15) is 0 Å². The Labute approximate surface area is 168 Å². The number of fused-ring (bicyclic) bond motifs is 1. The van der Waals surface area contributed by atoms with Crippen LogP contribution in [0.5, 0.6) is 0 Å². The molecule has 0 radical (unpaired) electrons. The zero-order chi connectivity index (χ0) is 19.3. The molecule has 3 aromatic rings. The van der Waals surface area contributed by atoms with Crippen molar-refractivity contribution in [1.82, 2.24) is 9.97 Å². The van der Waals surface area contributed by atoms with E-state index in [2.05, 4.69) is 20.2 Å². The van der Waals surface area contributed by atoms with Gasteiger partial charge in [-0.3, -0.25) is 4.79 Å². The summed E-state index contributed by atoms with van der Waals surface area (Å²) in [7, 11) is 0. The number of nitrogens with one attached hydrogen (secondary N) is 1. The van der Waals surface area contributed by atoms with Crippen molar-refractivity contribution in [3.63, 3.8) is 0 Å². The lowest BCUT2D eigenvalue weighted by molar-refractivity contribution is -0.115. The highest BCUT2D eigenvalue weighted by Gasteiger charge is 2.17. The molecule has 6 nitrogen and oxygen atoms in total. The molecule has 1 atom stereocenters. The van der Waals surface area contributed by atoms with Crippen LogP contribution in [0.2, 0.25) is 0 Å². The Hall–Kier alpha value is -2.64. The van der Waals surface area contributed by atoms with Crippen molar-refractivity contribution < 1.29 is 9.53 Å². The maximum atomic E-state index is 12.6. The highest BCUT2D eigenvalue weighted by Crippen LogP contribution is 2.28. The molecule has 28 heavy (non-hydrogen) atoms. The summed E-state index contributed by atoms with van der Waals surface area (Å²) >= 11 is 1.44. The molecule has 0 unspecified atom stereocenters. The number of rotatable bonds is 5. The Morgan fingerprint density at radius 2 is 1.86 bits per heavy atom. The van der Waals surface area contributed by atoms with Gasteiger partial charge >= 0.3 is 0 Å². The number of nitrogens with zero attached hydrogens (tertiary/aromatic N) is 3. The van der Waals surface area contributed by atoms with E-state index < -0.39 is 0 Å². The van der Waals surface area contributed by atoms with Gasteiger partial charge in [-0.1, -0.05) is 30.0 Å². The SMILES string of the molecule is C[C@H](Sc1ncnc2ccccc12)C(=O)Nc1ccc(N2CCOCC2)cc1. The molecule has 2 aromatic carbocycles. The Bertz CT molecular complexity index is 953. The molecule has 0 saturated carbocycles. The Kier molecular flexibility index (Phi) is 5.73. The fourth-order valence-electron chi connectivity index (χ4n) is 3.12. The molecule has 1 saturated heterocycles. The lowest BCUT2D eigenvalue weighted by atomic mass is 10.2. The van der Waals surface area contributed by atoms with E-state index in [1.165, 1.54) is 11.8 Å². The Morgan fingerprint density at radius 1 is 1.11 bits per heavy atom. The number of carbonyl (C=O) groups excluding carboxylic acids is 1. The molecule has 1 fully saturated rings. The predicted molar refractivity (Wildman–Crippen MR) is 113 cm³/mol. The number of hydrogen-bond donors (Lipinski definition) is 1. The fourth-order valence-corrected chi connectivity index (χ4v) is 4.02. The van der Waals surface area contributed by atoms with E-state index in [9.17, 15) is 4.79 Å². The highest BCUT2D eigenvalue weighted by molar-refractivity contribution is 8.00. The predicted octanol–water partition coefficient (Wildman–Crippen LogP) is 3.59. The molecule has 1 aliphatic heterocycles. The van der Waals surface area contributed by atoms with Gasteiger partial charge in [0.15, 0.2) is 0 Å². The Balaban J connectivity index is 1.40. The molecule has 1 N–H and O–H groups in total. The number of para-hydroxylation sites is 1.